The zero-order valence-electron chi connectivity index (χ0n) is 17.8. The number of hydrogen-bond donors (Lipinski definition) is 2. The van der Waals surface area contributed by atoms with Gasteiger partial charge in [0, 0.05) is 24.8 Å². The van der Waals surface area contributed by atoms with Crippen LogP contribution in [-0.2, 0) is 11.2 Å². The second-order valence-electron chi connectivity index (χ2n) is 7.49. The van der Waals surface area contributed by atoms with Crippen LogP contribution in [0.15, 0.2) is 24.4 Å². The first-order valence-corrected chi connectivity index (χ1v) is 10.6. The summed E-state index contributed by atoms with van der Waals surface area (Å²) in [6.45, 7) is 3.52. The highest BCUT2D eigenvalue weighted by atomic mass is 16.5. The van der Waals surface area contributed by atoms with E-state index in [-0.39, 0.29) is 17.4 Å². The summed E-state index contributed by atoms with van der Waals surface area (Å²) in [6, 6.07) is 5.30. The second-order valence-corrected chi connectivity index (χ2v) is 7.49. The Hall–Kier alpha value is -3.36. The number of fused-ring (bicyclic) bond motifs is 1. The molecule has 0 saturated carbocycles. The summed E-state index contributed by atoms with van der Waals surface area (Å²) in [7, 11) is 1.66. The monoisotopic (exact) mass is 425 g/mol. The molecule has 1 atom stereocenters. The minimum atomic E-state index is -0.568. The van der Waals surface area contributed by atoms with Gasteiger partial charge in [-0.1, -0.05) is 6.07 Å². The molecule has 0 spiro atoms. The van der Waals surface area contributed by atoms with E-state index in [1.54, 1.807) is 7.11 Å². The number of carbonyl (C=O) groups excluding carboxylic acids is 2. The largest absolute Gasteiger partial charge is 0.496 e. The molecular formula is C22H27N5O4. The van der Waals surface area contributed by atoms with Crippen LogP contribution in [0.5, 0.6) is 11.6 Å². The van der Waals surface area contributed by atoms with Crippen LogP contribution in [-0.4, -0.2) is 54.6 Å². The molecule has 2 aromatic rings. The Morgan fingerprint density at radius 3 is 3.03 bits per heavy atom. The molecule has 0 bridgehead atoms. The van der Waals surface area contributed by atoms with E-state index >= 15 is 0 Å². The van der Waals surface area contributed by atoms with Gasteiger partial charge < -0.3 is 25.0 Å². The van der Waals surface area contributed by atoms with Crippen molar-refractivity contribution in [3.05, 3.63) is 35.5 Å². The zero-order valence-corrected chi connectivity index (χ0v) is 17.8. The fraction of sp³-hybridized carbons (Fsp3) is 0.455. The summed E-state index contributed by atoms with van der Waals surface area (Å²) in [6.07, 6.45) is 4.66. The van der Waals surface area contributed by atoms with Crippen molar-refractivity contribution in [3.63, 3.8) is 0 Å². The Labute approximate surface area is 181 Å². The molecule has 1 unspecified atom stereocenters. The summed E-state index contributed by atoms with van der Waals surface area (Å²) in [5.74, 6) is 0.918. The van der Waals surface area contributed by atoms with Crippen molar-refractivity contribution in [3.8, 4) is 11.6 Å². The SMILES string of the molecule is CCOc1nc(N2CCc3c(OC)cccc32)ncc1C(=O)NC1CCCCNC1=O. The summed E-state index contributed by atoms with van der Waals surface area (Å²) in [4.78, 5) is 36.1. The van der Waals surface area contributed by atoms with Gasteiger partial charge in [0.1, 0.15) is 17.4 Å². The van der Waals surface area contributed by atoms with Crippen molar-refractivity contribution >= 4 is 23.5 Å². The van der Waals surface area contributed by atoms with Gasteiger partial charge in [0.15, 0.2) is 0 Å². The molecule has 164 valence electrons. The molecule has 2 N–H and O–H groups in total. The van der Waals surface area contributed by atoms with E-state index in [1.165, 1.54) is 6.20 Å². The van der Waals surface area contributed by atoms with Gasteiger partial charge in [0.05, 0.1) is 19.4 Å². The standard InChI is InChI=1S/C22H27N5O4/c1-3-31-21-15(19(28)25-16-7-4-5-11-23-20(16)29)13-24-22(26-21)27-12-10-14-17(27)8-6-9-18(14)30-2/h6,8-9,13,16H,3-5,7,10-12H2,1-2H3,(H,23,29)(H,25,28). The molecule has 0 aliphatic carbocycles. The van der Waals surface area contributed by atoms with Crippen molar-refractivity contribution in [1.29, 1.82) is 0 Å². The van der Waals surface area contributed by atoms with Crippen LogP contribution in [0, 0.1) is 0 Å². The van der Waals surface area contributed by atoms with Crippen LogP contribution >= 0.6 is 0 Å². The highest BCUT2D eigenvalue weighted by Gasteiger charge is 2.28. The maximum atomic E-state index is 12.9. The van der Waals surface area contributed by atoms with Gasteiger partial charge in [0.2, 0.25) is 17.7 Å². The van der Waals surface area contributed by atoms with E-state index in [0.717, 1.165) is 36.3 Å². The second kappa shape index (κ2) is 9.20. The minimum Gasteiger partial charge on any atom is -0.496 e. The molecule has 9 nitrogen and oxygen atoms in total. The molecule has 3 heterocycles. The van der Waals surface area contributed by atoms with Gasteiger partial charge in [0.25, 0.3) is 5.91 Å². The smallest absolute Gasteiger partial charge is 0.259 e. The Bertz CT molecular complexity index is 980. The molecule has 4 rings (SSSR count). The first-order valence-electron chi connectivity index (χ1n) is 10.6. The van der Waals surface area contributed by atoms with Crippen molar-refractivity contribution < 1.29 is 19.1 Å². The van der Waals surface area contributed by atoms with E-state index in [1.807, 2.05) is 30.0 Å². The van der Waals surface area contributed by atoms with Gasteiger partial charge >= 0.3 is 0 Å². The van der Waals surface area contributed by atoms with Crippen LogP contribution in [0.2, 0.25) is 0 Å². The molecule has 9 heteroatoms. The van der Waals surface area contributed by atoms with Crippen molar-refractivity contribution in [2.75, 3.05) is 31.7 Å². The lowest BCUT2D eigenvalue weighted by Crippen LogP contribution is -2.45. The lowest BCUT2D eigenvalue weighted by atomic mass is 10.1. The molecule has 1 fully saturated rings. The Morgan fingerprint density at radius 1 is 1.35 bits per heavy atom. The van der Waals surface area contributed by atoms with E-state index in [4.69, 9.17) is 9.47 Å². The Morgan fingerprint density at radius 2 is 2.23 bits per heavy atom. The molecule has 1 saturated heterocycles. The number of carbonyl (C=O) groups is 2. The normalized spacial score (nSPS) is 18.1. The van der Waals surface area contributed by atoms with Gasteiger partial charge in [-0.05, 0) is 44.7 Å². The number of rotatable bonds is 6. The average molecular weight is 425 g/mol. The summed E-state index contributed by atoms with van der Waals surface area (Å²) < 4.78 is 11.1. The molecule has 2 amide bonds. The van der Waals surface area contributed by atoms with Gasteiger partial charge in [-0.3, -0.25) is 9.59 Å². The van der Waals surface area contributed by atoms with Gasteiger partial charge in [-0.2, -0.15) is 4.98 Å². The number of nitrogens with zero attached hydrogens (tertiary/aromatic N) is 3. The maximum Gasteiger partial charge on any atom is 0.259 e. The third kappa shape index (κ3) is 4.26. The van der Waals surface area contributed by atoms with Crippen LogP contribution in [0.3, 0.4) is 0 Å². The number of anilines is 2. The molecule has 31 heavy (non-hydrogen) atoms. The van der Waals surface area contributed by atoms with Crippen LogP contribution in [0.25, 0.3) is 0 Å². The van der Waals surface area contributed by atoms with Crippen LogP contribution < -0.4 is 25.0 Å². The summed E-state index contributed by atoms with van der Waals surface area (Å²) in [5.41, 5.74) is 2.30. The number of aromatic nitrogens is 2. The number of hydrogen-bond acceptors (Lipinski definition) is 7. The molecule has 2 aliphatic heterocycles. The predicted octanol–water partition coefficient (Wildman–Crippen LogP) is 1.98. The van der Waals surface area contributed by atoms with Crippen LogP contribution in [0.1, 0.15) is 42.1 Å². The third-order valence-corrected chi connectivity index (χ3v) is 5.55. The quantitative estimate of drug-likeness (QED) is 0.729. The maximum absolute atomic E-state index is 12.9. The van der Waals surface area contributed by atoms with Crippen molar-refractivity contribution in [2.45, 2.75) is 38.6 Å². The van der Waals surface area contributed by atoms with Crippen LogP contribution in [0.4, 0.5) is 11.6 Å². The lowest BCUT2D eigenvalue weighted by Gasteiger charge is -2.20. The van der Waals surface area contributed by atoms with E-state index in [9.17, 15) is 9.59 Å². The lowest BCUT2D eigenvalue weighted by molar-refractivity contribution is -0.122. The fourth-order valence-corrected chi connectivity index (χ4v) is 4.00. The molecule has 0 radical (unpaired) electrons. The molecular weight excluding hydrogens is 398 g/mol. The Balaban J connectivity index is 1.59. The first kappa shape index (κ1) is 20.9. The predicted molar refractivity (Wildman–Crippen MR) is 115 cm³/mol. The number of amides is 2. The average Bonchev–Trinajstić information content (AvgIpc) is 3.12. The first-order chi connectivity index (χ1) is 15.1. The number of methoxy groups -OCH3 is 1. The number of nitrogens with one attached hydrogen (secondary N) is 2. The van der Waals surface area contributed by atoms with Gasteiger partial charge in [-0.15, -0.1) is 0 Å². The molecule has 1 aromatic carbocycles. The highest BCUT2D eigenvalue weighted by molar-refractivity contribution is 5.99. The van der Waals surface area contributed by atoms with Gasteiger partial charge in [-0.25, -0.2) is 4.98 Å². The Kier molecular flexibility index (Phi) is 6.20. The fourth-order valence-electron chi connectivity index (χ4n) is 4.00. The summed E-state index contributed by atoms with van der Waals surface area (Å²) in [5, 5.41) is 5.63. The van der Waals surface area contributed by atoms with Crippen molar-refractivity contribution in [1.82, 2.24) is 20.6 Å². The topological polar surface area (TPSA) is 106 Å². The number of ether oxygens (including phenoxy) is 2. The number of benzene rings is 1. The highest BCUT2D eigenvalue weighted by Crippen LogP contribution is 2.38. The van der Waals surface area contributed by atoms with E-state index in [2.05, 4.69) is 20.6 Å². The zero-order chi connectivity index (χ0) is 21.8. The van der Waals surface area contributed by atoms with Crippen molar-refractivity contribution in [2.24, 2.45) is 0 Å². The molecule has 2 aliphatic rings. The third-order valence-electron chi connectivity index (χ3n) is 5.55. The minimum absolute atomic E-state index is 0.163. The van der Waals surface area contributed by atoms with E-state index < -0.39 is 11.9 Å². The van der Waals surface area contributed by atoms with E-state index in [0.29, 0.717) is 32.1 Å². The molecule has 1 aromatic heterocycles. The summed E-state index contributed by atoms with van der Waals surface area (Å²) >= 11 is 0.